The van der Waals surface area contributed by atoms with Crippen LogP contribution in [0.5, 0.6) is 0 Å². The van der Waals surface area contributed by atoms with Crippen molar-refractivity contribution in [1.82, 2.24) is 0 Å². The Morgan fingerprint density at radius 3 is 2.20 bits per heavy atom. The lowest BCUT2D eigenvalue weighted by Crippen LogP contribution is -2.04. The van der Waals surface area contributed by atoms with Gasteiger partial charge in [-0.2, -0.15) is 0 Å². The predicted octanol–water partition coefficient (Wildman–Crippen LogP) is 15.0. The number of hydrogen-bond acceptors (Lipinski definition) is 2. The van der Waals surface area contributed by atoms with Gasteiger partial charge in [0, 0.05) is 36.3 Å². The molecule has 1 saturated carbocycles. The van der Waals surface area contributed by atoms with E-state index < -0.39 is 0 Å². The van der Waals surface area contributed by atoms with Gasteiger partial charge in [-0.05, 0) is 110 Å². The third-order valence-corrected chi connectivity index (χ3v) is 13.3. The van der Waals surface area contributed by atoms with E-state index in [-0.39, 0.29) is 0 Å². The summed E-state index contributed by atoms with van der Waals surface area (Å²) in [5, 5.41) is 10.4. The molecule has 0 N–H and O–H groups in total. The van der Waals surface area contributed by atoms with Gasteiger partial charge in [-0.3, -0.25) is 0 Å². The minimum atomic E-state index is 0.355. The average molecular weight is 707 g/mol. The lowest BCUT2D eigenvalue weighted by atomic mass is 9.82. The van der Waals surface area contributed by atoms with Crippen LogP contribution in [0, 0.1) is 5.92 Å². The van der Waals surface area contributed by atoms with Crippen LogP contribution in [0.1, 0.15) is 35.4 Å². The van der Waals surface area contributed by atoms with E-state index in [1.165, 1.54) is 91.5 Å². The van der Waals surface area contributed by atoms with E-state index in [0.29, 0.717) is 11.8 Å². The number of thiophene rings is 1. The highest BCUT2D eigenvalue weighted by atomic mass is 32.1. The van der Waals surface area contributed by atoms with Crippen LogP contribution in [0.25, 0.3) is 85.9 Å². The molecule has 8 aromatic carbocycles. The highest BCUT2D eigenvalue weighted by Crippen LogP contribution is 2.59. The first-order valence-corrected chi connectivity index (χ1v) is 19.8. The largest absolute Gasteiger partial charge is 0.456 e. The molecule has 2 heteroatoms. The second-order valence-electron chi connectivity index (χ2n) is 15.1. The summed E-state index contributed by atoms with van der Waals surface area (Å²) in [4.78, 5) is 0. The van der Waals surface area contributed by atoms with E-state index in [1.54, 1.807) is 5.57 Å². The summed E-state index contributed by atoms with van der Waals surface area (Å²) in [6, 6.07) is 60.4. The Morgan fingerprint density at radius 1 is 0.481 bits per heavy atom. The van der Waals surface area contributed by atoms with E-state index in [0.717, 1.165) is 24.0 Å². The van der Waals surface area contributed by atoms with Crippen LogP contribution in [0.2, 0.25) is 0 Å². The monoisotopic (exact) mass is 706 g/mol. The van der Waals surface area contributed by atoms with Gasteiger partial charge in [-0.25, -0.2) is 0 Å². The molecule has 12 rings (SSSR count). The summed E-state index contributed by atoms with van der Waals surface area (Å²) in [6.07, 6.45) is 4.64. The molecule has 2 heterocycles. The lowest BCUT2D eigenvalue weighted by Gasteiger charge is -2.21. The molecule has 2 aromatic heterocycles. The predicted molar refractivity (Wildman–Crippen MR) is 230 cm³/mol. The van der Waals surface area contributed by atoms with Crippen LogP contribution in [-0.2, 0) is 0 Å². The number of hydrogen-bond donors (Lipinski definition) is 0. The zero-order chi connectivity index (χ0) is 35.3. The number of fused-ring (bicyclic) bond motifs is 10. The third kappa shape index (κ3) is 4.63. The summed E-state index contributed by atoms with van der Waals surface area (Å²) in [5.41, 5.74) is 12.7. The SMILES string of the molecule is C1=C(c2cccc3oc4ccc(-c5ccc6ccccc6c5)cc4c23)CC(c2cccc3ccc4c5ccccc5sc4c23)C2CC2=C1c1ccccc1. The van der Waals surface area contributed by atoms with Gasteiger partial charge in [0.2, 0.25) is 0 Å². The second kappa shape index (κ2) is 11.6. The maximum Gasteiger partial charge on any atom is 0.136 e. The Hall–Kier alpha value is -6.22. The van der Waals surface area contributed by atoms with Crippen LogP contribution < -0.4 is 0 Å². The van der Waals surface area contributed by atoms with Crippen molar-refractivity contribution in [2.75, 3.05) is 0 Å². The van der Waals surface area contributed by atoms with Gasteiger partial charge in [0.05, 0.1) is 0 Å². The van der Waals surface area contributed by atoms with Crippen molar-refractivity contribution in [3.63, 3.8) is 0 Å². The molecule has 0 saturated heterocycles. The first-order chi connectivity index (χ1) is 26.7. The zero-order valence-electron chi connectivity index (χ0n) is 29.6. The Kier molecular flexibility index (Phi) is 6.52. The lowest BCUT2D eigenvalue weighted by molar-refractivity contribution is 0.646. The summed E-state index contributed by atoms with van der Waals surface area (Å²) >= 11 is 1.95. The number of allylic oxidation sites excluding steroid dienone is 4. The molecular formula is C52H34OS. The van der Waals surface area contributed by atoms with Crippen molar-refractivity contribution < 1.29 is 4.42 Å². The molecule has 2 aliphatic carbocycles. The van der Waals surface area contributed by atoms with E-state index in [2.05, 4.69) is 170 Å². The van der Waals surface area contributed by atoms with Crippen LogP contribution in [-0.4, -0.2) is 0 Å². The molecule has 0 aliphatic heterocycles. The van der Waals surface area contributed by atoms with E-state index in [4.69, 9.17) is 4.42 Å². The van der Waals surface area contributed by atoms with E-state index in [1.807, 2.05) is 11.3 Å². The van der Waals surface area contributed by atoms with Crippen LogP contribution >= 0.6 is 11.3 Å². The quantitative estimate of drug-likeness (QED) is 0.178. The van der Waals surface area contributed by atoms with Crippen molar-refractivity contribution >= 4 is 86.1 Å². The molecule has 0 bridgehead atoms. The molecular weight excluding hydrogens is 673 g/mol. The van der Waals surface area contributed by atoms with Crippen LogP contribution in [0.3, 0.4) is 0 Å². The minimum absolute atomic E-state index is 0.355. The van der Waals surface area contributed by atoms with Gasteiger partial charge in [-0.15, -0.1) is 11.3 Å². The molecule has 10 aromatic rings. The number of benzene rings is 8. The fraction of sp³-hybridized carbons (Fsp3) is 0.0769. The van der Waals surface area contributed by atoms with Gasteiger partial charge in [-0.1, -0.05) is 145 Å². The van der Waals surface area contributed by atoms with Gasteiger partial charge < -0.3 is 4.42 Å². The Balaban J connectivity index is 1.07. The molecule has 1 fully saturated rings. The number of rotatable bonds is 4. The van der Waals surface area contributed by atoms with E-state index in [9.17, 15) is 0 Å². The normalized spacial score (nSPS) is 17.1. The number of furan rings is 1. The molecule has 1 nitrogen and oxygen atoms in total. The Bertz CT molecular complexity index is 3230. The Labute approximate surface area is 317 Å². The molecule has 2 atom stereocenters. The first-order valence-electron chi connectivity index (χ1n) is 19.0. The second-order valence-corrected chi connectivity index (χ2v) is 16.2. The van der Waals surface area contributed by atoms with Gasteiger partial charge in [0.1, 0.15) is 11.2 Å². The van der Waals surface area contributed by atoms with Crippen molar-refractivity contribution in [2.24, 2.45) is 5.92 Å². The van der Waals surface area contributed by atoms with Crippen LogP contribution in [0.15, 0.2) is 180 Å². The highest BCUT2D eigenvalue weighted by molar-refractivity contribution is 7.26. The maximum absolute atomic E-state index is 6.63. The van der Waals surface area contributed by atoms with Gasteiger partial charge in [0.25, 0.3) is 0 Å². The topological polar surface area (TPSA) is 13.1 Å². The molecule has 2 aliphatic rings. The average Bonchev–Trinajstić information content (AvgIpc) is 3.82. The molecule has 0 amide bonds. The fourth-order valence-electron chi connectivity index (χ4n) is 9.51. The standard InChI is InChI=1S/C52H34OS/c1-2-11-32(12-3-1)42-28-37(29-43(45-30-44(42)45)40-17-8-14-33-22-24-41-39-15-6-7-19-49(39)54-52(41)50(33)40)38-16-9-18-48-51(38)46-27-36(23-25-47(46)53-48)35-21-20-31-10-4-5-13-34(31)26-35/h1-28,43,45H,29-30H2. The Morgan fingerprint density at radius 2 is 1.26 bits per heavy atom. The zero-order valence-corrected chi connectivity index (χ0v) is 30.4. The van der Waals surface area contributed by atoms with Crippen molar-refractivity contribution in [3.8, 4) is 11.1 Å². The summed E-state index contributed by atoms with van der Waals surface area (Å²) in [5.74, 6) is 0.859. The van der Waals surface area contributed by atoms with Crippen LogP contribution in [0.4, 0.5) is 0 Å². The van der Waals surface area contributed by atoms with Crippen molar-refractivity contribution in [3.05, 3.63) is 192 Å². The van der Waals surface area contributed by atoms with Crippen molar-refractivity contribution in [1.29, 1.82) is 0 Å². The van der Waals surface area contributed by atoms with Crippen molar-refractivity contribution in [2.45, 2.75) is 18.8 Å². The molecule has 2 unspecified atom stereocenters. The molecule has 0 radical (unpaired) electrons. The van der Waals surface area contributed by atoms with Gasteiger partial charge >= 0.3 is 0 Å². The summed E-state index contributed by atoms with van der Waals surface area (Å²) < 4.78 is 9.40. The molecule has 254 valence electrons. The smallest absolute Gasteiger partial charge is 0.136 e. The maximum atomic E-state index is 6.63. The summed E-state index contributed by atoms with van der Waals surface area (Å²) in [7, 11) is 0. The fourth-order valence-corrected chi connectivity index (χ4v) is 10.8. The molecule has 0 spiro atoms. The third-order valence-electron chi connectivity index (χ3n) is 12.1. The highest BCUT2D eigenvalue weighted by Gasteiger charge is 2.43. The van der Waals surface area contributed by atoms with Gasteiger partial charge in [0.15, 0.2) is 0 Å². The molecule has 54 heavy (non-hydrogen) atoms. The summed E-state index contributed by atoms with van der Waals surface area (Å²) in [6.45, 7) is 0. The first kappa shape index (κ1) is 30.3. The van der Waals surface area contributed by atoms with E-state index >= 15 is 0 Å². The minimum Gasteiger partial charge on any atom is -0.456 e.